The van der Waals surface area contributed by atoms with Crippen molar-refractivity contribution in [2.24, 2.45) is 0 Å². The average Bonchev–Trinajstić information content (AvgIpc) is 3.20. The van der Waals surface area contributed by atoms with E-state index >= 15 is 0 Å². The molecule has 1 amide bonds. The first-order valence-corrected chi connectivity index (χ1v) is 9.30. The van der Waals surface area contributed by atoms with E-state index in [1.165, 1.54) is 6.07 Å². The summed E-state index contributed by atoms with van der Waals surface area (Å²) < 4.78 is 44.4. The van der Waals surface area contributed by atoms with Crippen molar-refractivity contribution in [1.29, 1.82) is 0 Å². The molecule has 4 rings (SSSR count). The predicted molar refractivity (Wildman–Crippen MR) is 100 cm³/mol. The fourth-order valence-corrected chi connectivity index (χ4v) is 3.43. The molecule has 0 atom stereocenters. The van der Waals surface area contributed by atoms with Gasteiger partial charge in [0.25, 0.3) is 0 Å². The number of carbonyl (C=O) groups is 1. The third kappa shape index (κ3) is 4.16. The number of fused-ring (bicyclic) bond motifs is 1. The van der Waals surface area contributed by atoms with Crippen LogP contribution in [0, 0.1) is 0 Å². The molecule has 1 aliphatic rings. The lowest BCUT2D eigenvalue weighted by Crippen LogP contribution is -2.35. The van der Waals surface area contributed by atoms with Crippen molar-refractivity contribution >= 4 is 11.6 Å². The Hall–Kier alpha value is -3.16. The first kappa shape index (κ1) is 19.2. The normalized spacial score (nSPS) is 14.0. The van der Waals surface area contributed by atoms with Crippen LogP contribution < -0.4 is 4.90 Å². The molecule has 0 saturated carbocycles. The molecule has 5 nitrogen and oxygen atoms in total. The summed E-state index contributed by atoms with van der Waals surface area (Å²) in [6, 6.07) is 12.8. The van der Waals surface area contributed by atoms with Crippen LogP contribution in [0.25, 0.3) is 11.5 Å². The topological polar surface area (TPSA) is 59.2 Å². The van der Waals surface area contributed by atoms with Crippen molar-refractivity contribution in [2.75, 3.05) is 11.4 Å². The number of hydrogen-bond donors (Lipinski definition) is 0. The summed E-state index contributed by atoms with van der Waals surface area (Å²) in [6.45, 7) is 0.482. The minimum atomic E-state index is -4.39. The maximum Gasteiger partial charge on any atom is 0.416 e. The lowest BCUT2D eigenvalue weighted by atomic mass is 9.98. The van der Waals surface area contributed by atoms with Gasteiger partial charge in [-0.25, -0.2) is 0 Å². The monoisotopic (exact) mass is 401 g/mol. The number of aryl methyl sites for hydroxylation is 2. The van der Waals surface area contributed by atoms with E-state index in [1.54, 1.807) is 4.90 Å². The second kappa shape index (κ2) is 7.69. The SMILES string of the molecule is O=C(CCc1nnc(-c2ccccc2)o1)N1CCCc2cc(C(F)(F)F)ccc21. The molecule has 0 N–H and O–H groups in total. The lowest BCUT2D eigenvalue weighted by Gasteiger charge is -2.30. The molecular weight excluding hydrogens is 383 g/mol. The molecule has 8 heteroatoms. The quantitative estimate of drug-likeness (QED) is 0.638. The second-order valence-electron chi connectivity index (χ2n) is 6.86. The summed E-state index contributed by atoms with van der Waals surface area (Å²) in [5.74, 6) is 0.558. The van der Waals surface area contributed by atoms with Crippen LogP contribution in [0.2, 0.25) is 0 Å². The van der Waals surface area contributed by atoms with Gasteiger partial charge in [-0.1, -0.05) is 18.2 Å². The minimum Gasteiger partial charge on any atom is -0.421 e. The standard InChI is InChI=1S/C21H18F3N3O2/c22-21(23,24)16-8-9-17-15(13-16)7-4-12-27(17)19(28)11-10-18-25-26-20(29-18)14-5-2-1-3-6-14/h1-3,5-6,8-9,13H,4,7,10-12H2. The molecule has 0 bridgehead atoms. The van der Waals surface area contributed by atoms with Gasteiger partial charge in [-0.15, -0.1) is 10.2 Å². The van der Waals surface area contributed by atoms with E-state index in [4.69, 9.17) is 4.42 Å². The van der Waals surface area contributed by atoms with Crippen LogP contribution in [0.3, 0.4) is 0 Å². The average molecular weight is 401 g/mol. The van der Waals surface area contributed by atoms with E-state index < -0.39 is 11.7 Å². The zero-order chi connectivity index (χ0) is 20.4. The summed E-state index contributed by atoms with van der Waals surface area (Å²) in [5.41, 5.74) is 1.20. The Balaban J connectivity index is 1.44. The number of carbonyl (C=O) groups excluding carboxylic acids is 1. The van der Waals surface area contributed by atoms with E-state index in [2.05, 4.69) is 10.2 Å². The van der Waals surface area contributed by atoms with Gasteiger partial charge in [-0.2, -0.15) is 13.2 Å². The summed E-state index contributed by atoms with van der Waals surface area (Å²) in [6.07, 6.45) is -2.84. The Kier molecular flexibility index (Phi) is 5.08. The Morgan fingerprint density at radius 3 is 2.66 bits per heavy atom. The van der Waals surface area contributed by atoms with Gasteiger partial charge < -0.3 is 9.32 Å². The highest BCUT2D eigenvalue weighted by molar-refractivity contribution is 5.94. The van der Waals surface area contributed by atoms with E-state index in [1.807, 2.05) is 30.3 Å². The molecule has 29 heavy (non-hydrogen) atoms. The molecule has 1 aliphatic heterocycles. The van der Waals surface area contributed by atoms with Crippen molar-refractivity contribution in [3.8, 4) is 11.5 Å². The number of anilines is 1. The maximum absolute atomic E-state index is 12.9. The van der Waals surface area contributed by atoms with Gasteiger partial charge >= 0.3 is 6.18 Å². The molecule has 0 radical (unpaired) electrons. The summed E-state index contributed by atoms with van der Waals surface area (Å²) in [7, 11) is 0. The number of halogens is 3. The Morgan fingerprint density at radius 2 is 1.90 bits per heavy atom. The van der Waals surface area contributed by atoms with Crippen LogP contribution >= 0.6 is 0 Å². The summed E-state index contributed by atoms with van der Waals surface area (Å²) in [5, 5.41) is 7.98. The summed E-state index contributed by atoms with van der Waals surface area (Å²) >= 11 is 0. The first-order chi connectivity index (χ1) is 13.9. The van der Waals surface area contributed by atoms with Gasteiger partial charge in [0.1, 0.15) is 0 Å². The molecule has 0 saturated heterocycles. The third-order valence-corrected chi connectivity index (χ3v) is 4.87. The van der Waals surface area contributed by atoms with Crippen molar-refractivity contribution in [1.82, 2.24) is 10.2 Å². The van der Waals surface area contributed by atoms with Crippen LogP contribution in [0.4, 0.5) is 18.9 Å². The van der Waals surface area contributed by atoms with Crippen LogP contribution in [-0.4, -0.2) is 22.6 Å². The Labute approximate surface area is 165 Å². The van der Waals surface area contributed by atoms with Gasteiger partial charge in [0, 0.05) is 30.6 Å². The van der Waals surface area contributed by atoms with Gasteiger partial charge in [0.05, 0.1) is 5.56 Å². The highest BCUT2D eigenvalue weighted by atomic mass is 19.4. The first-order valence-electron chi connectivity index (χ1n) is 9.30. The molecule has 0 spiro atoms. The van der Waals surface area contributed by atoms with Crippen LogP contribution in [0.1, 0.15) is 29.9 Å². The van der Waals surface area contributed by atoms with Gasteiger partial charge in [0.15, 0.2) is 0 Å². The molecule has 150 valence electrons. The second-order valence-corrected chi connectivity index (χ2v) is 6.86. The number of nitrogens with zero attached hydrogens (tertiary/aromatic N) is 3. The lowest BCUT2D eigenvalue weighted by molar-refractivity contribution is -0.137. The Morgan fingerprint density at radius 1 is 1.10 bits per heavy atom. The van der Waals surface area contributed by atoms with Crippen molar-refractivity contribution < 1.29 is 22.4 Å². The van der Waals surface area contributed by atoms with Crippen molar-refractivity contribution in [3.63, 3.8) is 0 Å². The zero-order valence-electron chi connectivity index (χ0n) is 15.4. The molecule has 0 aliphatic carbocycles. The van der Waals surface area contributed by atoms with E-state index in [-0.39, 0.29) is 18.7 Å². The zero-order valence-corrected chi connectivity index (χ0v) is 15.4. The largest absolute Gasteiger partial charge is 0.421 e. The Bertz CT molecular complexity index is 1020. The third-order valence-electron chi connectivity index (χ3n) is 4.87. The molecule has 1 aromatic heterocycles. The fraction of sp³-hybridized carbons (Fsp3) is 0.286. The molecule has 3 aromatic rings. The number of rotatable bonds is 4. The van der Waals surface area contributed by atoms with Crippen LogP contribution in [-0.2, 0) is 23.8 Å². The van der Waals surface area contributed by atoms with Gasteiger partial charge in [0.2, 0.25) is 17.7 Å². The molecular formula is C21H18F3N3O2. The van der Waals surface area contributed by atoms with E-state index in [0.29, 0.717) is 42.4 Å². The molecule has 2 aromatic carbocycles. The number of hydrogen-bond acceptors (Lipinski definition) is 4. The van der Waals surface area contributed by atoms with E-state index in [9.17, 15) is 18.0 Å². The maximum atomic E-state index is 12.9. The van der Waals surface area contributed by atoms with Gasteiger partial charge in [-0.05, 0) is 48.7 Å². The molecule has 2 heterocycles. The summed E-state index contributed by atoms with van der Waals surface area (Å²) in [4.78, 5) is 14.3. The van der Waals surface area contributed by atoms with Gasteiger partial charge in [-0.3, -0.25) is 4.79 Å². The smallest absolute Gasteiger partial charge is 0.416 e. The fourth-order valence-electron chi connectivity index (χ4n) is 3.43. The highest BCUT2D eigenvalue weighted by Gasteiger charge is 2.32. The van der Waals surface area contributed by atoms with Crippen molar-refractivity contribution in [2.45, 2.75) is 31.9 Å². The predicted octanol–water partition coefficient (Wildman–Crippen LogP) is 4.67. The highest BCUT2D eigenvalue weighted by Crippen LogP contribution is 2.35. The van der Waals surface area contributed by atoms with Crippen LogP contribution in [0.5, 0.6) is 0 Å². The number of amides is 1. The van der Waals surface area contributed by atoms with Crippen molar-refractivity contribution in [3.05, 3.63) is 65.5 Å². The number of benzene rings is 2. The number of aromatic nitrogens is 2. The number of alkyl halides is 3. The molecule has 0 fully saturated rings. The minimum absolute atomic E-state index is 0.136. The van der Waals surface area contributed by atoms with Crippen LogP contribution in [0.15, 0.2) is 52.9 Å². The molecule has 0 unspecified atom stereocenters. The van der Waals surface area contributed by atoms with E-state index in [0.717, 1.165) is 17.7 Å².